The van der Waals surface area contributed by atoms with E-state index in [1.165, 1.54) is 23.3 Å². The number of ether oxygens (including phenoxy) is 1. The minimum absolute atomic E-state index is 0. The van der Waals surface area contributed by atoms with E-state index in [1.807, 2.05) is 24.3 Å². The molecule has 2 amide bonds. The molecule has 0 aliphatic carbocycles. The van der Waals surface area contributed by atoms with Crippen LogP contribution in [0.2, 0.25) is 0 Å². The van der Waals surface area contributed by atoms with Crippen LogP contribution in [0.5, 0.6) is 0 Å². The maximum atomic E-state index is 14.8. The molecular formula is C25H29ClFN3O4. The van der Waals surface area contributed by atoms with Gasteiger partial charge < -0.3 is 25.4 Å². The molecule has 4 atom stereocenters. The van der Waals surface area contributed by atoms with Crippen LogP contribution in [0.4, 0.5) is 4.39 Å². The van der Waals surface area contributed by atoms with E-state index in [9.17, 15) is 19.1 Å². The van der Waals surface area contributed by atoms with Gasteiger partial charge in [0.05, 0.1) is 37.0 Å². The van der Waals surface area contributed by atoms with Crippen molar-refractivity contribution < 1.29 is 23.8 Å². The molecule has 2 aromatic rings. The topological polar surface area (TPSA) is 90.9 Å². The highest BCUT2D eigenvalue weighted by Gasteiger charge is 2.40. The predicted octanol–water partition coefficient (Wildman–Crippen LogP) is 2.06. The number of fused-ring (bicyclic) bond motifs is 3. The second kappa shape index (κ2) is 10.4. The van der Waals surface area contributed by atoms with Gasteiger partial charge in [-0.25, -0.2) is 4.39 Å². The summed E-state index contributed by atoms with van der Waals surface area (Å²) in [4.78, 5) is 27.3. The molecule has 5 rings (SSSR count). The van der Waals surface area contributed by atoms with Gasteiger partial charge in [-0.1, -0.05) is 24.3 Å². The van der Waals surface area contributed by atoms with Gasteiger partial charge in [0.1, 0.15) is 5.82 Å². The lowest BCUT2D eigenvalue weighted by atomic mass is 9.93. The Hall–Kier alpha value is -2.52. The molecule has 3 N–H and O–H groups in total. The summed E-state index contributed by atoms with van der Waals surface area (Å²) in [7, 11) is 0. The highest BCUT2D eigenvalue weighted by Crippen LogP contribution is 2.30. The number of rotatable bonds is 5. The van der Waals surface area contributed by atoms with Crippen LogP contribution in [0.15, 0.2) is 42.5 Å². The van der Waals surface area contributed by atoms with Crippen molar-refractivity contribution in [1.82, 2.24) is 15.5 Å². The van der Waals surface area contributed by atoms with Crippen molar-refractivity contribution >= 4 is 24.2 Å². The van der Waals surface area contributed by atoms with Gasteiger partial charge in [-0.3, -0.25) is 9.59 Å². The minimum atomic E-state index is -0.817. The van der Waals surface area contributed by atoms with E-state index in [0.717, 1.165) is 18.9 Å². The number of hydrogen-bond donors (Lipinski definition) is 3. The standard InChI is InChI=1S/C25H28FN3O4.ClH/c26-21-9-16(25(32)29-18-6-7-19(29)14-33-13-18)5-8-20(21)24(31)28-12-23(30)22-10-15-3-1-2-4-17(15)11-27-22;/h1-5,8-9,18-19,22-23,27,30H,6-7,10-14H2,(H,28,31);1H/t18?,19?,22-,23+;/m0./s1. The number of carbonyl (C=O) groups excluding carboxylic acids is 2. The summed E-state index contributed by atoms with van der Waals surface area (Å²) in [6.07, 6.45) is 1.62. The van der Waals surface area contributed by atoms with E-state index in [1.54, 1.807) is 4.90 Å². The normalized spacial score (nSPS) is 24.1. The van der Waals surface area contributed by atoms with Crippen LogP contribution in [-0.2, 0) is 17.7 Å². The van der Waals surface area contributed by atoms with Gasteiger partial charge in [-0.2, -0.15) is 0 Å². The van der Waals surface area contributed by atoms with Gasteiger partial charge in [0.2, 0.25) is 0 Å². The molecule has 9 heteroatoms. The first-order valence-electron chi connectivity index (χ1n) is 11.5. The van der Waals surface area contributed by atoms with Crippen molar-refractivity contribution in [2.45, 2.75) is 50.0 Å². The average Bonchev–Trinajstić information content (AvgIpc) is 3.09. The number of nitrogens with one attached hydrogen (secondary N) is 2. The summed E-state index contributed by atoms with van der Waals surface area (Å²) in [5.41, 5.74) is 2.46. The fraction of sp³-hybridized carbons (Fsp3) is 0.440. The fourth-order valence-corrected chi connectivity index (χ4v) is 5.13. The van der Waals surface area contributed by atoms with Crippen LogP contribution in [0.1, 0.15) is 44.7 Å². The van der Waals surface area contributed by atoms with Crippen LogP contribution in [0.25, 0.3) is 0 Å². The van der Waals surface area contributed by atoms with Crippen molar-refractivity contribution in [3.05, 3.63) is 70.5 Å². The monoisotopic (exact) mass is 489 g/mol. The van der Waals surface area contributed by atoms with Crippen molar-refractivity contribution in [3.63, 3.8) is 0 Å². The summed E-state index contributed by atoms with van der Waals surface area (Å²) in [6, 6.07) is 11.9. The number of hydrogen-bond acceptors (Lipinski definition) is 5. The molecule has 2 aromatic carbocycles. The van der Waals surface area contributed by atoms with Gasteiger partial charge in [-0.15, -0.1) is 12.4 Å². The smallest absolute Gasteiger partial charge is 0.254 e. The highest BCUT2D eigenvalue weighted by molar-refractivity contribution is 5.98. The third-order valence-corrected chi connectivity index (χ3v) is 6.98. The van der Waals surface area contributed by atoms with Gasteiger partial charge in [-0.05, 0) is 48.6 Å². The van der Waals surface area contributed by atoms with Crippen LogP contribution in [0, 0.1) is 5.82 Å². The zero-order valence-corrected chi connectivity index (χ0v) is 19.5. The Kier molecular flexibility index (Phi) is 7.52. The van der Waals surface area contributed by atoms with Gasteiger partial charge in [0.25, 0.3) is 11.8 Å². The number of nitrogens with zero attached hydrogens (tertiary/aromatic N) is 1. The van der Waals surface area contributed by atoms with Crippen molar-refractivity contribution in [1.29, 1.82) is 0 Å². The molecule has 182 valence electrons. The molecule has 0 saturated carbocycles. The Balaban J connectivity index is 0.00000274. The lowest BCUT2D eigenvalue weighted by Crippen LogP contribution is -2.49. The maximum Gasteiger partial charge on any atom is 0.254 e. The Morgan fingerprint density at radius 3 is 2.56 bits per heavy atom. The minimum Gasteiger partial charge on any atom is -0.390 e. The summed E-state index contributed by atoms with van der Waals surface area (Å²) < 4.78 is 20.3. The van der Waals surface area contributed by atoms with E-state index in [4.69, 9.17) is 4.74 Å². The third kappa shape index (κ3) is 4.81. The van der Waals surface area contributed by atoms with E-state index in [-0.39, 0.29) is 54.1 Å². The second-order valence-electron chi connectivity index (χ2n) is 9.07. The van der Waals surface area contributed by atoms with Crippen molar-refractivity contribution in [2.75, 3.05) is 19.8 Å². The number of benzene rings is 2. The quantitative estimate of drug-likeness (QED) is 0.598. The number of morpholine rings is 1. The summed E-state index contributed by atoms with van der Waals surface area (Å²) >= 11 is 0. The number of amides is 2. The maximum absolute atomic E-state index is 14.8. The van der Waals surface area contributed by atoms with Crippen LogP contribution in [0.3, 0.4) is 0 Å². The SMILES string of the molecule is Cl.O=C(NC[C@@H](O)[C@@H]1Cc2ccccc2CN1)c1ccc(C(=O)N2C3CCC2COC3)cc1F. The predicted molar refractivity (Wildman–Crippen MR) is 127 cm³/mol. The van der Waals surface area contributed by atoms with Crippen LogP contribution in [-0.4, -0.2) is 65.8 Å². The second-order valence-corrected chi connectivity index (χ2v) is 9.07. The van der Waals surface area contributed by atoms with Crippen molar-refractivity contribution in [3.8, 4) is 0 Å². The molecule has 34 heavy (non-hydrogen) atoms. The molecule has 0 spiro atoms. The molecule has 2 bridgehead atoms. The molecule has 2 saturated heterocycles. The molecule has 0 radical (unpaired) electrons. The fourth-order valence-electron chi connectivity index (χ4n) is 5.13. The Morgan fingerprint density at radius 1 is 1.15 bits per heavy atom. The first-order valence-corrected chi connectivity index (χ1v) is 11.5. The lowest BCUT2D eigenvalue weighted by Gasteiger charge is -2.34. The zero-order valence-electron chi connectivity index (χ0n) is 18.7. The number of aliphatic hydroxyl groups excluding tert-OH is 1. The van der Waals surface area contributed by atoms with Gasteiger partial charge >= 0.3 is 0 Å². The van der Waals surface area contributed by atoms with E-state index >= 15 is 0 Å². The molecular weight excluding hydrogens is 461 g/mol. The molecule has 0 aromatic heterocycles. The Labute approximate surface area is 204 Å². The molecule has 3 heterocycles. The van der Waals surface area contributed by atoms with Crippen LogP contribution >= 0.6 is 12.4 Å². The van der Waals surface area contributed by atoms with Crippen LogP contribution < -0.4 is 10.6 Å². The van der Waals surface area contributed by atoms with E-state index < -0.39 is 17.8 Å². The number of carbonyl (C=O) groups is 2. The molecule has 7 nitrogen and oxygen atoms in total. The van der Waals surface area contributed by atoms with E-state index in [2.05, 4.69) is 10.6 Å². The summed E-state index contributed by atoms with van der Waals surface area (Å²) in [6.45, 7) is 1.67. The molecule has 2 unspecified atom stereocenters. The number of aliphatic hydroxyl groups is 1. The van der Waals surface area contributed by atoms with Gasteiger partial charge in [0, 0.05) is 24.7 Å². The third-order valence-electron chi connectivity index (χ3n) is 6.98. The summed E-state index contributed by atoms with van der Waals surface area (Å²) in [5, 5.41) is 16.5. The average molecular weight is 490 g/mol. The lowest BCUT2D eigenvalue weighted by molar-refractivity contribution is -0.00718. The Morgan fingerprint density at radius 2 is 1.85 bits per heavy atom. The molecule has 3 aliphatic rings. The highest BCUT2D eigenvalue weighted by atomic mass is 35.5. The zero-order chi connectivity index (χ0) is 22.9. The first-order chi connectivity index (χ1) is 16.0. The summed E-state index contributed by atoms with van der Waals surface area (Å²) in [5.74, 6) is -1.60. The Bertz CT molecular complexity index is 1050. The van der Waals surface area contributed by atoms with Crippen molar-refractivity contribution in [2.24, 2.45) is 0 Å². The van der Waals surface area contributed by atoms with E-state index in [0.29, 0.717) is 26.2 Å². The number of halogens is 2. The molecule has 2 fully saturated rings. The van der Waals surface area contributed by atoms with Gasteiger partial charge in [0.15, 0.2) is 0 Å². The molecule has 3 aliphatic heterocycles. The largest absolute Gasteiger partial charge is 0.390 e. The first kappa shape index (κ1) is 24.6.